The van der Waals surface area contributed by atoms with Crippen molar-refractivity contribution in [3.05, 3.63) is 144 Å². The van der Waals surface area contributed by atoms with Gasteiger partial charge in [-0.15, -0.1) is 0 Å². The minimum absolute atomic E-state index is 0.196. The van der Waals surface area contributed by atoms with Crippen LogP contribution in [0.1, 0.15) is 55.2 Å². The number of thiazole rings is 1. The first-order valence-corrected chi connectivity index (χ1v) is 15.3. The minimum Gasteiger partial charge on any atom is -0.463 e. The largest absolute Gasteiger partial charge is 0.463 e. The maximum atomic E-state index is 14.1. The summed E-state index contributed by atoms with van der Waals surface area (Å²) in [6.07, 6.45) is 1.72. The Bertz CT molecular complexity index is 2020. The average molecular weight is 609 g/mol. The Morgan fingerprint density at radius 2 is 1.77 bits per heavy atom. The number of halogens is 1. The first kappa shape index (κ1) is 28.6. The Morgan fingerprint density at radius 1 is 1.02 bits per heavy atom. The molecule has 1 atom stereocenters. The molecule has 5 aromatic rings. The van der Waals surface area contributed by atoms with E-state index in [-0.39, 0.29) is 12.2 Å². The van der Waals surface area contributed by atoms with E-state index in [1.165, 1.54) is 11.3 Å². The number of furan rings is 1. The molecule has 6 rings (SSSR count). The molecule has 0 aliphatic carbocycles. The molecule has 0 spiro atoms. The molecule has 1 unspecified atom stereocenters. The van der Waals surface area contributed by atoms with Crippen LogP contribution in [0.3, 0.4) is 0 Å². The Kier molecular flexibility index (Phi) is 8.02. The molecular formula is C35H29ClN2O4S. The molecular weight excluding hydrogens is 580 g/mol. The predicted molar refractivity (Wildman–Crippen MR) is 171 cm³/mol. The van der Waals surface area contributed by atoms with Crippen molar-refractivity contribution in [1.29, 1.82) is 0 Å². The predicted octanol–water partition coefficient (Wildman–Crippen LogP) is 6.97. The fourth-order valence-corrected chi connectivity index (χ4v) is 6.35. The van der Waals surface area contributed by atoms with Crippen LogP contribution in [0.4, 0.5) is 0 Å². The van der Waals surface area contributed by atoms with E-state index >= 15 is 0 Å². The molecule has 1 aliphatic rings. The molecule has 0 bridgehead atoms. The molecule has 8 heteroatoms. The van der Waals surface area contributed by atoms with Gasteiger partial charge in [-0.2, -0.15) is 0 Å². The van der Waals surface area contributed by atoms with Crippen LogP contribution in [0.5, 0.6) is 0 Å². The van der Waals surface area contributed by atoms with Gasteiger partial charge in [0.2, 0.25) is 0 Å². The summed E-state index contributed by atoms with van der Waals surface area (Å²) < 4.78 is 13.7. The van der Waals surface area contributed by atoms with Crippen molar-refractivity contribution in [1.82, 2.24) is 4.57 Å². The normalized spacial score (nSPS) is 15.0. The van der Waals surface area contributed by atoms with E-state index in [4.69, 9.17) is 25.7 Å². The van der Waals surface area contributed by atoms with Gasteiger partial charge >= 0.3 is 5.97 Å². The molecule has 0 fully saturated rings. The number of nitrogens with zero attached hydrogens (tertiary/aromatic N) is 2. The summed E-state index contributed by atoms with van der Waals surface area (Å²) in [4.78, 5) is 33.1. The number of carbonyl (C=O) groups is 1. The first-order chi connectivity index (χ1) is 20.8. The summed E-state index contributed by atoms with van der Waals surface area (Å²) in [6, 6.07) is 27.9. The molecule has 3 aromatic carbocycles. The highest BCUT2D eigenvalue weighted by Gasteiger charge is 2.35. The van der Waals surface area contributed by atoms with Crippen LogP contribution in [0.25, 0.3) is 23.1 Å². The fourth-order valence-electron chi connectivity index (χ4n) is 5.18. The lowest BCUT2D eigenvalue weighted by Crippen LogP contribution is -2.40. The zero-order valence-corrected chi connectivity index (χ0v) is 25.5. The molecule has 2 aromatic heterocycles. The zero-order valence-electron chi connectivity index (χ0n) is 23.9. The number of fused-ring (bicyclic) bond motifs is 1. The van der Waals surface area contributed by atoms with Gasteiger partial charge in [-0.3, -0.25) is 9.36 Å². The molecule has 43 heavy (non-hydrogen) atoms. The van der Waals surface area contributed by atoms with Gasteiger partial charge in [0, 0.05) is 22.2 Å². The molecule has 216 valence electrons. The minimum atomic E-state index is -0.729. The van der Waals surface area contributed by atoms with E-state index in [9.17, 15) is 9.59 Å². The Balaban J connectivity index is 1.56. The molecule has 1 aliphatic heterocycles. The van der Waals surface area contributed by atoms with Crippen LogP contribution in [0, 0.1) is 0 Å². The van der Waals surface area contributed by atoms with Crippen molar-refractivity contribution in [3.8, 4) is 11.3 Å². The number of carbonyl (C=O) groups excluding carboxylic acids is 1. The van der Waals surface area contributed by atoms with Crippen molar-refractivity contribution >= 4 is 40.7 Å². The maximum Gasteiger partial charge on any atom is 0.338 e. The van der Waals surface area contributed by atoms with Crippen molar-refractivity contribution in [2.45, 2.75) is 32.7 Å². The SMILES string of the molecule is CCOC(=O)C1=C(c2ccccc2)N=c2s/c(=C\c3ccc(-c4cccc(Cl)c4)o3)c(=O)n2C1c1ccc(C(C)C)cc1. The molecule has 0 saturated heterocycles. The summed E-state index contributed by atoms with van der Waals surface area (Å²) in [5, 5.41) is 0.608. The Morgan fingerprint density at radius 3 is 2.47 bits per heavy atom. The molecule has 6 nitrogen and oxygen atoms in total. The Labute approximate surface area is 257 Å². The second-order valence-corrected chi connectivity index (χ2v) is 11.9. The van der Waals surface area contributed by atoms with E-state index < -0.39 is 12.0 Å². The number of rotatable bonds is 7. The van der Waals surface area contributed by atoms with E-state index in [0.717, 1.165) is 22.3 Å². The van der Waals surface area contributed by atoms with Crippen LogP contribution in [0.2, 0.25) is 5.02 Å². The lowest BCUT2D eigenvalue weighted by atomic mass is 9.91. The summed E-state index contributed by atoms with van der Waals surface area (Å²) in [7, 11) is 0. The van der Waals surface area contributed by atoms with Crippen LogP contribution >= 0.6 is 22.9 Å². The highest BCUT2D eigenvalue weighted by atomic mass is 35.5. The quantitative estimate of drug-likeness (QED) is 0.187. The molecule has 0 N–H and O–H groups in total. The third kappa shape index (κ3) is 5.66. The molecule has 3 heterocycles. The van der Waals surface area contributed by atoms with Gasteiger partial charge in [0.25, 0.3) is 5.56 Å². The maximum absolute atomic E-state index is 14.1. The lowest BCUT2D eigenvalue weighted by Gasteiger charge is -2.26. The van der Waals surface area contributed by atoms with Crippen LogP contribution in [0.15, 0.2) is 111 Å². The average Bonchev–Trinajstić information content (AvgIpc) is 3.61. The highest BCUT2D eigenvalue weighted by molar-refractivity contribution is 7.07. The summed E-state index contributed by atoms with van der Waals surface area (Å²) in [5.41, 5.74) is 4.11. The summed E-state index contributed by atoms with van der Waals surface area (Å²) in [6.45, 7) is 6.22. The zero-order chi connectivity index (χ0) is 30.1. The number of hydrogen-bond acceptors (Lipinski definition) is 6. The molecule has 0 saturated carbocycles. The van der Waals surface area contributed by atoms with E-state index in [1.807, 2.05) is 84.9 Å². The van der Waals surface area contributed by atoms with E-state index in [0.29, 0.717) is 43.1 Å². The summed E-state index contributed by atoms with van der Waals surface area (Å²) in [5.74, 6) is 0.988. The summed E-state index contributed by atoms with van der Waals surface area (Å²) >= 11 is 7.43. The molecule has 0 radical (unpaired) electrons. The van der Waals surface area contributed by atoms with Crippen LogP contribution in [-0.2, 0) is 9.53 Å². The van der Waals surface area contributed by atoms with E-state index in [1.54, 1.807) is 23.6 Å². The third-order valence-electron chi connectivity index (χ3n) is 7.30. The van der Waals surface area contributed by atoms with Crippen molar-refractivity contribution in [2.24, 2.45) is 4.99 Å². The van der Waals surface area contributed by atoms with Gasteiger partial charge < -0.3 is 9.15 Å². The number of esters is 1. The highest BCUT2D eigenvalue weighted by Crippen LogP contribution is 2.35. The second-order valence-electron chi connectivity index (χ2n) is 10.5. The number of aromatic nitrogens is 1. The standard InChI is InChI=1S/C35H29ClN2O4S/c1-4-41-34(40)30-31(23-9-6-5-7-10-23)37-35-38(32(30)24-15-13-22(14-16-24)21(2)3)33(39)29(43-35)20-27-17-18-28(42-27)25-11-8-12-26(36)19-25/h5-21,32H,4H2,1-3H3/b29-20-. The van der Waals surface area contributed by atoms with Crippen LogP contribution < -0.4 is 14.9 Å². The first-order valence-electron chi connectivity index (χ1n) is 14.1. The monoisotopic (exact) mass is 608 g/mol. The van der Waals surface area contributed by atoms with Crippen molar-refractivity contribution < 1.29 is 13.9 Å². The smallest absolute Gasteiger partial charge is 0.338 e. The number of benzene rings is 3. The second kappa shape index (κ2) is 12.0. The number of hydrogen-bond donors (Lipinski definition) is 0. The van der Waals surface area contributed by atoms with Crippen LogP contribution in [-0.4, -0.2) is 17.1 Å². The topological polar surface area (TPSA) is 73.8 Å². The fraction of sp³-hybridized carbons (Fsp3) is 0.171. The van der Waals surface area contributed by atoms with Gasteiger partial charge in [-0.25, -0.2) is 9.79 Å². The molecule has 0 amide bonds. The van der Waals surface area contributed by atoms with Crippen molar-refractivity contribution in [2.75, 3.05) is 6.61 Å². The number of ether oxygens (including phenoxy) is 1. The van der Waals surface area contributed by atoms with Crippen molar-refractivity contribution in [3.63, 3.8) is 0 Å². The van der Waals surface area contributed by atoms with Gasteiger partial charge in [-0.1, -0.05) is 104 Å². The third-order valence-corrected chi connectivity index (χ3v) is 8.52. The lowest BCUT2D eigenvalue weighted by molar-refractivity contribution is -0.138. The van der Waals surface area contributed by atoms with Gasteiger partial charge in [0.15, 0.2) is 4.80 Å². The Hall–Kier alpha value is -4.46. The van der Waals surface area contributed by atoms with Gasteiger partial charge in [0.1, 0.15) is 11.5 Å². The van der Waals surface area contributed by atoms with Gasteiger partial charge in [0.05, 0.1) is 28.5 Å². The van der Waals surface area contributed by atoms with Gasteiger partial charge in [-0.05, 0) is 48.2 Å². The van der Waals surface area contributed by atoms with E-state index in [2.05, 4.69) is 13.8 Å².